The van der Waals surface area contributed by atoms with Crippen LogP contribution in [0.2, 0.25) is 0 Å². The van der Waals surface area contributed by atoms with Gasteiger partial charge in [-0.3, -0.25) is 4.79 Å². The molecular weight excluding hydrogens is 407 g/mol. The summed E-state index contributed by atoms with van der Waals surface area (Å²) in [5, 5.41) is 0.920. The highest BCUT2D eigenvalue weighted by atomic mass is 19.4. The molecule has 0 saturated carbocycles. The Morgan fingerprint density at radius 3 is 2.16 bits per heavy atom. The standard InChI is InChI=1S/C24H18F3NO3/c25-24(26,27)31-21-11-7-18(8-12-21)16-30-20-9-5-17(6-10-20)13-28-14-19(15-29)22-3-1-2-4-23(22)28/h1-12,14-15H,13,16H2. The van der Waals surface area contributed by atoms with Crippen LogP contribution in [0.1, 0.15) is 21.5 Å². The molecule has 0 aliphatic heterocycles. The van der Waals surface area contributed by atoms with E-state index in [2.05, 4.69) is 4.74 Å². The molecule has 0 amide bonds. The molecular formula is C24H18F3NO3. The quantitative estimate of drug-likeness (QED) is 0.342. The number of alkyl halides is 3. The van der Waals surface area contributed by atoms with Crippen LogP contribution in [-0.4, -0.2) is 17.2 Å². The van der Waals surface area contributed by atoms with Crippen LogP contribution in [0.15, 0.2) is 79.0 Å². The van der Waals surface area contributed by atoms with Gasteiger partial charge in [-0.2, -0.15) is 0 Å². The maximum Gasteiger partial charge on any atom is 0.573 e. The average molecular weight is 425 g/mol. The molecule has 4 aromatic rings. The third-order valence-electron chi connectivity index (χ3n) is 4.79. The summed E-state index contributed by atoms with van der Waals surface area (Å²) in [7, 11) is 0. The molecule has 0 saturated heterocycles. The summed E-state index contributed by atoms with van der Waals surface area (Å²) >= 11 is 0. The van der Waals surface area contributed by atoms with Crippen LogP contribution in [0.3, 0.4) is 0 Å². The summed E-state index contributed by atoms with van der Waals surface area (Å²) in [6, 6.07) is 20.8. The topological polar surface area (TPSA) is 40.5 Å². The third kappa shape index (κ3) is 5.06. The van der Waals surface area contributed by atoms with Crippen LogP contribution in [-0.2, 0) is 13.2 Å². The summed E-state index contributed by atoms with van der Waals surface area (Å²) in [4.78, 5) is 11.3. The number of para-hydroxylation sites is 1. The van der Waals surface area contributed by atoms with Gasteiger partial charge in [0.05, 0.1) is 0 Å². The van der Waals surface area contributed by atoms with Gasteiger partial charge in [0.2, 0.25) is 0 Å². The van der Waals surface area contributed by atoms with Gasteiger partial charge in [-0.25, -0.2) is 0 Å². The molecule has 0 aliphatic rings. The van der Waals surface area contributed by atoms with E-state index in [1.54, 1.807) is 0 Å². The minimum absolute atomic E-state index is 0.219. The molecule has 0 fully saturated rings. The number of aromatic nitrogens is 1. The zero-order valence-electron chi connectivity index (χ0n) is 16.3. The van der Waals surface area contributed by atoms with Crippen molar-refractivity contribution in [2.75, 3.05) is 0 Å². The van der Waals surface area contributed by atoms with Crippen LogP contribution in [0.25, 0.3) is 10.9 Å². The van der Waals surface area contributed by atoms with Gasteiger partial charge in [0.25, 0.3) is 0 Å². The van der Waals surface area contributed by atoms with Crippen LogP contribution < -0.4 is 9.47 Å². The zero-order valence-corrected chi connectivity index (χ0v) is 16.3. The average Bonchev–Trinajstić information content (AvgIpc) is 3.11. The van der Waals surface area contributed by atoms with Crippen LogP contribution >= 0.6 is 0 Å². The van der Waals surface area contributed by atoms with Crippen molar-refractivity contribution in [1.82, 2.24) is 4.57 Å². The number of nitrogens with zero attached hydrogens (tertiary/aromatic N) is 1. The molecule has 158 valence electrons. The van der Waals surface area contributed by atoms with Gasteiger partial charge in [-0.05, 0) is 41.5 Å². The van der Waals surface area contributed by atoms with Crippen LogP contribution in [0, 0.1) is 0 Å². The van der Waals surface area contributed by atoms with Gasteiger partial charge in [-0.1, -0.05) is 42.5 Å². The number of fused-ring (bicyclic) bond motifs is 1. The van der Waals surface area contributed by atoms with Crippen LogP contribution in [0.4, 0.5) is 13.2 Å². The molecule has 3 aromatic carbocycles. The largest absolute Gasteiger partial charge is 0.573 e. The number of hydrogen-bond acceptors (Lipinski definition) is 3. The number of benzene rings is 3. The third-order valence-corrected chi connectivity index (χ3v) is 4.79. The van der Waals surface area contributed by atoms with E-state index in [-0.39, 0.29) is 12.4 Å². The maximum absolute atomic E-state index is 12.2. The fraction of sp³-hybridized carbons (Fsp3) is 0.125. The van der Waals surface area contributed by atoms with E-state index in [4.69, 9.17) is 4.74 Å². The second kappa shape index (κ2) is 8.55. The lowest BCUT2D eigenvalue weighted by molar-refractivity contribution is -0.274. The molecule has 0 bridgehead atoms. The second-order valence-corrected chi connectivity index (χ2v) is 6.97. The summed E-state index contributed by atoms with van der Waals surface area (Å²) in [5.74, 6) is 0.376. The SMILES string of the molecule is O=Cc1cn(Cc2ccc(OCc3ccc(OC(F)(F)F)cc3)cc2)c2ccccc12. The van der Waals surface area contributed by atoms with Gasteiger partial charge in [0.15, 0.2) is 6.29 Å². The monoisotopic (exact) mass is 425 g/mol. The van der Waals surface area contributed by atoms with E-state index in [1.165, 1.54) is 24.3 Å². The first-order chi connectivity index (χ1) is 14.9. The maximum atomic E-state index is 12.2. The molecule has 0 atom stereocenters. The second-order valence-electron chi connectivity index (χ2n) is 6.97. The predicted molar refractivity (Wildman–Crippen MR) is 110 cm³/mol. The minimum atomic E-state index is -4.71. The molecule has 31 heavy (non-hydrogen) atoms. The lowest BCUT2D eigenvalue weighted by atomic mass is 10.2. The van der Waals surface area contributed by atoms with Gasteiger partial charge in [-0.15, -0.1) is 13.2 Å². The molecule has 4 nitrogen and oxygen atoms in total. The van der Waals surface area contributed by atoms with Crippen molar-refractivity contribution < 1.29 is 27.4 Å². The lowest BCUT2D eigenvalue weighted by Crippen LogP contribution is -2.17. The molecule has 0 spiro atoms. The molecule has 0 radical (unpaired) electrons. The van der Waals surface area contributed by atoms with Gasteiger partial charge in [0, 0.05) is 29.2 Å². The molecule has 0 aliphatic carbocycles. The number of carbonyl (C=O) groups excluding carboxylic acids is 1. The van der Waals surface area contributed by atoms with E-state index >= 15 is 0 Å². The van der Waals surface area contributed by atoms with Crippen molar-refractivity contribution in [2.45, 2.75) is 19.5 Å². The van der Waals surface area contributed by atoms with Gasteiger partial charge >= 0.3 is 6.36 Å². The van der Waals surface area contributed by atoms with Crippen molar-refractivity contribution in [3.8, 4) is 11.5 Å². The van der Waals surface area contributed by atoms with E-state index in [0.717, 1.165) is 28.3 Å². The molecule has 7 heteroatoms. The Morgan fingerprint density at radius 2 is 1.48 bits per heavy atom. The highest BCUT2D eigenvalue weighted by molar-refractivity contribution is 5.97. The van der Waals surface area contributed by atoms with Crippen molar-refractivity contribution in [2.24, 2.45) is 0 Å². The number of carbonyl (C=O) groups is 1. The molecule has 1 aromatic heterocycles. The highest BCUT2D eigenvalue weighted by Crippen LogP contribution is 2.24. The normalized spacial score (nSPS) is 11.5. The lowest BCUT2D eigenvalue weighted by Gasteiger charge is -2.11. The summed E-state index contributed by atoms with van der Waals surface area (Å²) in [6.45, 7) is 0.825. The molecule has 1 heterocycles. The smallest absolute Gasteiger partial charge is 0.489 e. The highest BCUT2D eigenvalue weighted by Gasteiger charge is 2.30. The van der Waals surface area contributed by atoms with Gasteiger partial charge < -0.3 is 14.0 Å². The fourth-order valence-corrected chi connectivity index (χ4v) is 3.34. The first-order valence-corrected chi connectivity index (χ1v) is 9.51. The van der Waals surface area contributed by atoms with Crippen molar-refractivity contribution in [3.05, 3.63) is 95.7 Å². The Hall–Kier alpha value is -3.74. The van der Waals surface area contributed by atoms with Crippen molar-refractivity contribution >= 4 is 17.2 Å². The molecule has 0 unspecified atom stereocenters. The minimum Gasteiger partial charge on any atom is -0.489 e. The van der Waals surface area contributed by atoms with Gasteiger partial charge in [0.1, 0.15) is 18.1 Å². The Morgan fingerprint density at radius 1 is 0.839 bits per heavy atom. The molecule has 4 rings (SSSR count). The Kier molecular flexibility index (Phi) is 5.66. The number of hydrogen-bond donors (Lipinski definition) is 0. The molecule has 0 N–H and O–H groups in total. The summed E-state index contributed by atoms with van der Waals surface area (Å²) in [5.41, 5.74) is 3.41. The van der Waals surface area contributed by atoms with Crippen molar-refractivity contribution in [3.63, 3.8) is 0 Å². The number of halogens is 3. The number of aldehydes is 1. The van der Waals surface area contributed by atoms with E-state index in [9.17, 15) is 18.0 Å². The number of rotatable bonds is 7. The fourth-order valence-electron chi connectivity index (χ4n) is 3.34. The predicted octanol–water partition coefficient (Wildman–Crippen LogP) is 5.98. The Bertz CT molecular complexity index is 1180. The van der Waals surface area contributed by atoms with E-state index in [1.807, 2.05) is 59.3 Å². The number of ether oxygens (including phenoxy) is 2. The Labute approximate surface area is 176 Å². The summed E-state index contributed by atoms with van der Waals surface area (Å²) < 4.78 is 48.2. The van der Waals surface area contributed by atoms with E-state index in [0.29, 0.717) is 17.9 Å². The first kappa shape index (κ1) is 20.5. The zero-order chi connectivity index (χ0) is 21.8. The van der Waals surface area contributed by atoms with Crippen molar-refractivity contribution in [1.29, 1.82) is 0 Å². The van der Waals surface area contributed by atoms with E-state index < -0.39 is 6.36 Å². The Balaban J connectivity index is 1.38. The summed E-state index contributed by atoms with van der Waals surface area (Å²) in [6.07, 6.45) is -2.01. The first-order valence-electron chi connectivity index (χ1n) is 9.51. The van der Waals surface area contributed by atoms with Crippen LogP contribution in [0.5, 0.6) is 11.5 Å².